The van der Waals surface area contributed by atoms with Gasteiger partial charge < -0.3 is 9.88 Å². The lowest BCUT2D eigenvalue weighted by atomic mass is 10.4. The second-order valence-corrected chi connectivity index (χ2v) is 5.83. The van der Waals surface area contributed by atoms with Crippen molar-refractivity contribution in [2.45, 2.75) is 25.4 Å². The molecule has 0 saturated heterocycles. The molecule has 1 aliphatic carbocycles. The molecule has 1 fully saturated rings. The molecule has 0 aromatic carbocycles. The van der Waals surface area contributed by atoms with Crippen LogP contribution in [0.15, 0.2) is 17.3 Å². The first-order valence-electron chi connectivity index (χ1n) is 6.69. The van der Waals surface area contributed by atoms with Crippen molar-refractivity contribution in [3.63, 3.8) is 0 Å². The van der Waals surface area contributed by atoms with Crippen molar-refractivity contribution in [3.8, 4) is 0 Å². The normalized spacial score (nSPS) is 14.8. The number of rotatable bonds is 4. The minimum atomic E-state index is 0.562. The Balaban J connectivity index is 1.64. The third-order valence-electron chi connectivity index (χ3n) is 3.58. The van der Waals surface area contributed by atoms with E-state index in [1.165, 1.54) is 19.2 Å². The second kappa shape index (κ2) is 4.76. The van der Waals surface area contributed by atoms with E-state index >= 15 is 0 Å². The van der Waals surface area contributed by atoms with Gasteiger partial charge in [-0.2, -0.15) is 5.10 Å². The number of aromatic nitrogens is 7. The van der Waals surface area contributed by atoms with Crippen LogP contribution in [0.2, 0.25) is 0 Å². The lowest BCUT2D eigenvalue weighted by molar-refractivity contribution is 0.689. The summed E-state index contributed by atoms with van der Waals surface area (Å²) in [7, 11) is 1.85. The van der Waals surface area contributed by atoms with Gasteiger partial charge in [0.05, 0.1) is 11.9 Å². The second-order valence-electron chi connectivity index (χ2n) is 5.07. The molecule has 0 bridgehead atoms. The minimum Gasteiger partial charge on any atom is -0.362 e. The number of hydrogen-bond donors (Lipinski definition) is 1. The van der Waals surface area contributed by atoms with Gasteiger partial charge in [0.15, 0.2) is 11.5 Å². The molecule has 21 heavy (non-hydrogen) atoms. The molecule has 0 aliphatic heterocycles. The molecule has 0 atom stereocenters. The summed E-state index contributed by atoms with van der Waals surface area (Å²) in [6.07, 6.45) is 5.74. The Morgan fingerprint density at radius 2 is 2.24 bits per heavy atom. The van der Waals surface area contributed by atoms with E-state index in [1.54, 1.807) is 11.0 Å². The smallest absolute Gasteiger partial charge is 0.164 e. The standard InChI is InChI=1S/C12H13BrN8/c1-20-12-9(10(13)19-20)11(15-5-16-12)14-4-8-18-17-6-21(8)7-2-3-7/h5-7H,2-4H2,1H3,(H,14,15,16). The van der Waals surface area contributed by atoms with Crippen LogP contribution in [0.4, 0.5) is 5.82 Å². The molecule has 3 aromatic heterocycles. The van der Waals surface area contributed by atoms with E-state index in [2.05, 4.69) is 51.1 Å². The van der Waals surface area contributed by atoms with Gasteiger partial charge in [0.2, 0.25) is 0 Å². The monoisotopic (exact) mass is 348 g/mol. The summed E-state index contributed by atoms with van der Waals surface area (Å²) in [5.41, 5.74) is 0.781. The van der Waals surface area contributed by atoms with E-state index in [1.807, 2.05) is 7.05 Å². The largest absolute Gasteiger partial charge is 0.362 e. The SMILES string of the molecule is Cn1nc(Br)c2c(NCc3nncn3C3CC3)ncnc21. The number of nitrogens with one attached hydrogen (secondary N) is 1. The Morgan fingerprint density at radius 3 is 3.05 bits per heavy atom. The van der Waals surface area contributed by atoms with E-state index < -0.39 is 0 Å². The van der Waals surface area contributed by atoms with Crippen LogP contribution in [-0.4, -0.2) is 34.5 Å². The fourth-order valence-corrected chi connectivity index (χ4v) is 2.99. The zero-order valence-corrected chi connectivity index (χ0v) is 12.9. The first-order chi connectivity index (χ1) is 10.2. The summed E-state index contributed by atoms with van der Waals surface area (Å²) in [4.78, 5) is 8.56. The molecule has 0 radical (unpaired) electrons. The molecule has 1 N–H and O–H groups in total. The van der Waals surface area contributed by atoms with Crippen LogP contribution in [0, 0.1) is 0 Å². The topological polar surface area (TPSA) is 86.3 Å². The maximum atomic E-state index is 4.31. The molecule has 108 valence electrons. The Hall–Kier alpha value is -2.03. The lowest BCUT2D eigenvalue weighted by Gasteiger charge is -2.07. The van der Waals surface area contributed by atoms with E-state index in [-0.39, 0.29) is 0 Å². The van der Waals surface area contributed by atoms with Crippen molar-refractivity contribution in [2.24, 2.45) is 7.05 Å². The predicted molar refractivity (Wildman–Crippen MR) is 79.6 cm³/mol. The van der Waals surface area contributed by atoms with Crippen molar-refractivity contribution in [3.05, 3.63) is 23.1 Å². The van der Waals surface area contributed by atoms with Gasteiger partial charge >= 0.3 is 0 Å². The van der Waals surface area contributed by atoms with Gasteiger partial charge in [-0.15, -0.1) is 10.2 Å². The fourth-order valence-electron chi connectivity index (χ4n) is 2.39. The highest BCUT2D eigenvalue weighted by atomic mass is 79.9. The predicted octanol–water partition coefficient (Wildman–Crippen LogP) is 1.66. The zero-order chi connectivity index (χ0) is 14.4. The number of fused-ring (bicyclic) bond motifs is 1. The van der Waals surface area contributed by atoms with Gasteiger partial charge in [-0.05, 0) is 28.8 Å². The molecular formula is C12H13BrN8. The van der Waals surface area contributed by atoms with Crippen molar-refractivity contribution in [2.75, 3.05) is 5.32 Å². The first kappa shape index (κ1) is 12.7. The van der Waals surface area contributed by atoms with Crippen LogP contribution in [-0.2, 0) is 13.6 Å². The summed E-state index contributed by atoms with van der Waals surface area (Å²) < 4.78 is 4.58. The summed E-state index contributed by atoms with van der Waals surface area (Å²) in [5.74, 6) is 1.66. The highest BCUT2D eigenvalue weighted by Gasteiger charge is 2.26. The van der Waals surface area contributed by atoms with Gasteiger partial charge in [0.1, 0.15) is 23.1 Å². The van der Waals surface area contributed by atoms with Gasteiger partial charge in [-0.25, -0.2) is 14.6 Å². The summed E-state index contributed by atoms with van der Waals surface area (Å²) in [6.45, 7) is 0.573. The van der Waals surface area contributed by atoms with E-state index in [4.69, 9.17) is 0 Å². The summed E-state index contributed by atoms with van der Waals surface area (Å²) >= 11 is 3.45. The molecule has 9 heteroatoms. The maximum absolute atomic E-state index is 4.31. The summed E-state index contributed by atoms with van der Waals surface area (Å²) in [6, 6.07) is 0.562. The van der Waals surface area contributed by atoms with Gasteiger partial charge in [-0.1, -0.05) is 0 Å². The molecule has 3 heterocycles. The number of halogens is 1. The lowest BCUT2D eigenvalue weighted by Crippen LogP contribution is -2.09. The number of hydrogen-bond acceptors (Lipinski definition) is 6. The van der Waals surface area contributed by atoms with E-state index in [0.29, 0.717) is 12.6 Å². The van der Waals surface area contributed by atoms with Gasteiger partial charge in [-0.3, -0.25) is 0 Å². The van der Waals surface area contributed by atoms with Crippen LogP contribution in [0.5, 0.6) is 0 Å². The average Bonchev–Trinajstić information content (AvgIpc) is 3.15. The fraction of sp³-hybridized carbons (Fsp3) is 0.417. The summed E-state index contributed by atoms with van der Waals surface area (Å²) in [5, 5.41) is 16.7. The van der Waals surface area contributed by atoms with E-state index in [0.717, 1.165) is 27.3 Å². The van der Waals surface area contributed by atoms with E-state index in [9.17, 15) is 0 Å². The molecule has 0 unspecified atom stereocenters. The Kier molecular flexibility index (Phi) is 2.88. The third-order valence-corrected chi connectivity index (χ3v) is 4.13. The molecule has 3 aromatic rings. The molecule has 8 nitrogen and oxygen atoms in total. The van der Waals surface area contributed by atoms with Crippen LogP contribution in [0.25, 0.3) is 11.0 Å². The third kappa shape index (κ3) is 2.17. The van der Waals surface area contributed by atoms with Gasteiger partial charge in [0.25, 0.3) is 0 Å². The zero-order valence-electron chi connectivity index (χ0n) is 11.4. The molecule has 4 rings (SSSR count). The highest BCUT2D eigenvalue weighted by Crippen LogP contribution is 2.35. The van der Waals surface area contributed by atoms with Crippen LogP contribution in [0.1, 0.15) is 24.7 Å². The Bertz CT molecular complexity index is 803. The Labute approximate surface area is 128 Å². The molecule has 0 spiro atoms. The minimum absolute atomic E-state index is 0.562. The average molecular weight is 349 g/mol. The van der Waals surface area contributed by atoms with Crippen LogP contribution >= 0.6 is 15.9 Å². The molecule has 1 saturated carbocycles. The van der Waals surface area contributed by atoms with Crippen molar-refractivity contribution >= 4 is 32.8 Å². The van der Waals surface area contributed by atoms with Crippen molar-refractivity contribution in [1.29, 1.82) is 0 Å². The molecule has 1 aliphatic rings. The maximum Gasteiger partial charge on any atom is 0.164 e. The highest BCUT2D eigenvalue weighted by molar-refractivity contribution is 9.10. The van der Waals surface area contributed by atoms with Crippen molar-refractivity contribution in [1.82, 2.24) is 34.5 Å². The van der Waals surface area contributed by atoms with Crippen LogP contribution < -0.4 is 5.32 Å². The van der Waals surface area contributed by atoms with Crippen LogP contribution in [0.3, 0.4) is 0 Å². The molecule has 0 amide bonds. The Morgan fingerprint density at radius 1 is 1.38 bits per heavy atom. The number of anilines is 1. The number of nitrogens with zero attached hydrogens (tertiary/aromatic N) is 7. The number of aryl methyl sites for hydroxylation is 1. The molecular weight excluding hydrogens is 336 g/mol. The van der Waals surface area contributed by atoms with Gasteiger partial charge in [0, 0.05) is 13.1 Å². The first-order valence-corrected chi connectivity index (χ1v) is 7.49. The quantitative estimate of drug-likeness (QED) is 0.771. The van der Waals surface area contributed by atoms with Crippen molar-refractivity contribution < 1.29 is 0 Å².